The molecule has 1 atom stereocenters. The summed E-state index contributed by atoms with van der Waals surface area (Å²) in [6, 6.07) is 2.00. The van der Waals surface area contributed by atoms with Gasteiger partial charge in [-0.15, -0.1) is 0 Å². The van der Waals surface area contributed by atoms with Crippen molar-refractivity contribution >= 4 is 0 Å². The van der Waals surface area contributed by atoms with E-state index >= 15 is 0 Å². The molecule has 3 nitrogen and oxygen atoms in total. The lowest BCUT2D eigenvalue weighted by atomic mass is 10.1. The van der Waals surface area contributed by atoms with E-state index in [2.05, 4.69) is 11.1 Å². The Balaban J connectivity index is 2.79. The molecule has 0 bridgehead atoms. The minimum Gasteiger partial charge on any atom is -0.396 e. The topological polar surface area (TPSA) is 62.0 Å². The zero-order valence-corrected chi connectivity index (χ0v) is 7.59. The van der Waals surface area contributed by atoms with Gasteiger partial charge in [0.2, 0.25) is 0 Å². The lowest BCUT2D eigenvalue weighted by Crippen LogP contribution is -2.13. The van der Waals surface area contributed by atoms with Gasteiger partial charge < -0.3 is 15.8 Å². The van der Waals surface area contributed by atoms with Gasteiger partial charge in [0.05, 0.1) is 0 Å². The Hall–Kier alpha value is -0.800. The summed E-state index contributed by atoms with van der Waals surface area (Å²) in [5.41, 5.74) is 9.17. The van der Waals surface area contributed by atoms with Gasteiger partial charge in [-0.3, -0.25) is 0 Å². The summed E-state index contributed by atoms with van der Waals surface area (Å²) in [5.74, 6) is 0. The van der Waals surface area contributed by atoms with Crippen molar-refractivity contribution in [1.29, 1.82) is 0 Å². The van der Waals surface area contributed by atoms with Crippen LogP contribution in [0.5, 0.6) is 0 Å². The van der Waals surface area contributed by atoms with Crippen molar-refractivity contribution in [3.63, 3.8) is 0 Å². The normalized spacial score (nSPS) is 13.3. The standard InChI is InChI=1S/C9H16N2O/c1-6-5-7(2)11-9(6)8(10)3-4-12/h5,8,11-12H,3-4,10H2,1-2H3/t8-/m1/s1. The van der Waals surface area contributed by atoms with Crippen LogP contribution in [-0.2, 0) is 0 Å². The Labute approximate surface area is 72.6 Å². The van der Waals surface area contributed by atoms with E-state index in [1.807, 2.05) is 13.8 Å². The number of aliphatic hydroxyl groups excluding tert-OH is 1. The van der Waals surface area contributed by atoms with Gasteiger partial charge in [-0.2, -0.15) is 0 Å². The van der Waals surface area contributed by atoms with Gasteiger partial charge in [-0.25, -0.2) is 0 Å². The van der Waals surface area contributed by atoms with Crippen LogP contribution in [0.15, 0.2) is 6.07 Å². The molecule has 12 heavy (non-hydrogen) atoms. The fourth-order valence-corrected chi connectivity index (χ4v) is 1.42. The fourth-order valence-electron chi connectivity index (χ4n) is 1.42. The molecule has 0 aromatic carbocycles. The second-order valence-corrected chi connectivity index (χ2v) is 3.17. The third kappa shape index (κ3) is 1.87. The smallest absolute Gasteiger partial charge is 0.0472 e. The van der Waals surface area contributed by atoms with Crippen LogP contribution in [0.1, 0.15) is 29.4 Å². The average Bonchev–Trinajstić information content (AvgIpc) is 2.30. The first-order valence-electron chi connectivity index (χ1n) is 4.17. The lowest BCUT2D eigenvalue weighted by Gasteiger charge is -2.08. The van der Waals surface area contributed by atoms with Crippen LogP contribution in [0.4, 0.5) is 0 Å². The second kappa shape index (κ2) is 3.74. The minimum absolute atomic E-state index is 0.0660. The molecule has 0 saturated carbocycles. The Bertz CT molecular complexity index is 255. The number of nitrogens with two attached hydrogens (primary N) is 1. The van der Waals surface area contributed by atoms with Crippen molar-refractivity contribution in [3.05, 3.63) is 23.0 Å². The third-order valence-electron chi connectivity index (χ3n) is 2.00. The van der Waals surface area contributed by atoms with Gasteiger partial charge >= 0.3 is 0 Å². The molecule has 1 rings (SSSR count). The van der Waals surface area contributed by atoms with Gasteiger partial charge in [-0.1, -0.05) is 0 Å². The molecule has 0 aliphatic heterocycles. The third-order valence-corrected chi connectivity index (χ3v) is 2.00. The van der Waals surface area contributed by atoms with E-state index in [9.17, 15) is 0 Å². The molecule has 0 aliphatic rings. The minimum atomic E-state index is -0.0660. The molecule has 0 aliphatic carbocycles. The van der Waals surface area contributed by atoms with Gasteiger partial charge in [0.1, 0.15) is 0 Å². The number of H-pyrrole nitrogens is 1. The van der Waals surface area contributed by atoms with Crippen molar-refractivity contribution < 1.29 is 5.11 Å². The maximum atomic E-state index is 8.70. The molecule has 0 fully saturated rings. The molecule has 4 N–H and O–H groups in total. The number of aromatic nitrogens is 1. The van der Waals surface area contributed by atoms with Crippen molar-refractivity contribution in [2.45, 2.75) is 26.3 Å². The number of aromatic amines is 1. The largest absolute Gasteiger partial charge is 0.396 e. The summed E-state index contributed by atoms with van der Waals surface area (Å²) >= 11 is 0. The SMILES string of the molecule is Cc1cc(C)c([C@H](N)CCO)[nH]1. The summed E-state index contributed by atoms with van der Waals surface area (Å²) in [5, 5.41) is 8.70. The van der Waals surface area contributed by atoms with Crippen LogP contribution in [0.2, 0.25) is 0 Å². The molecular weight excluding hydrogens is 152 g/mol. The first kappa shape index (κ1) is 9.29. The van der Waals surface area contributed by atoms with Crippen molar-refractivity contribution in [2.75, 3.05) is 6.61 Å². The predicted octanol–water partition coefficient (Wildman–Crippen LogP) is 1.01. The summed E-state index contributed by atoms with van der Waals surface area (Å²) in [6.45, 7) is 4.16. The Morgan fingerprint density at radius 3 is 2.67 bits per heavy atom. The first-order valence-corrected chi connectivity index (χ1v) is 4.17. The Morgan fingerprint density at radius 1 is 1.58 bits per heavy atom. The highest BCUT2D eigenvalue weighted by Crippen LogP contribution is 2.17. The maximum Gasteiger partial charge on any atom is 0.0472 e. The number of nitrogens with one attached hydrogen (secondary N) is 1. The van der Waals surface area contributed by atoms with E-state index in [0.717, 1.165) is 11.4 Å². The highest BCUT2D eigenvalue weighted by Gasteiger charge is 2.09. The van der Waals surface area contributed by atoms with E-state index in [1.165, 1.54) is 5.56 Å². The molecule has 0 unspecified atom stereocenters. The highest BCUT2D eigenvalue weighted by molar-refractivity contribution is 5.26. The van der Waals surface area contributed by atoms with E-state index < -0.39 is 0 Å². The van der Waals surface area contributed by atoms with Gasteiger partial charge in [0.15, 0.2) is 0 Å². The summed E-state index contributed by atoms with van der Waals surface area (Å²) in [6.07, 6.45) is 0.612. The van der Waals surface area contributed by atoms with Crippen LogP contribution in [0.25, 0.3) is 0 Å². The number of aryl methyl sites for hydroxylation is 2. The van der Waals surface area contributed by atoms with Gasteiger partial charge in [0, 0.05) is 24.0 Å². The van der Waals surface area contributed by atoms with Crippen LogP contribution in [0, 0.1) is 13.8 Å². The van der Waals surface area contributed by atoms with E-state index in [1.54, 1.807) is 0 Å². The molecular formula is C9H16N2O. The molecule has 0 saturated heterocycles. The maximum absolute atomic E-state index is 8.70. The van der Waals surface area contributed by atoms with Crippen LogP contribution < -0.4 is 5.73 Å². The first-order chi connectivity index (χ1) is 5.65. The molecule has 3 heteroatoms. The number of aliphatic hydroxyl groups is 1. The quantitative estimate of drug-likeness (QED) is 0.631. The molecule has 0 spiro atoms. The second-order valence-electron chi connectivity index (χ2n) is 3.17. The average molecular weight is 168 g/mol. The molecule has 68 valence electrons. The summed E-state index contributed by atoms with van der Waals surface area (Å²) in [7, 11) is 0. The number of rotatable bonds is 3. The monoisotopic (exact) mass is 168 g/mol. The highest BCUT2D eigenvalue weighted by atomic mass is 16.3. The molecule has 1 aromatic heterocycles. The van der Waals surface area contributed by atoms with Crippen LogP contribution in [-0.4, -0.2) is 16.7 Å². The molecule has 1 aromatic rings. The van der Waals surface area contributed by atoms with Crippen LogP contribution >= 0.6 is 0 Å². The molecule has 1 heterocycles. The molecule has 0 amide bonds. The van der Waals surface area contributed by atoms with Gasteiger partial charge in [-0.05, 0) is 31.9 Å². The van der Waals surface area contributed by atoms with Crippen molar-refractivity contribution in [2.24, 2.45) is 5.73 Å². The summed E-state index contributed by atoms with van der Waals surface area (Å²) in [4.78, 5) is 3.19. The predicted molar refractivity (Wildman–Crippen MR) is 48.9 cm³/mol. The Morgan fingerprint density at radius 2 is 2.25 bits per heavy atom. The lowest BCUT2D eigenvalue weighted by molar-refractivity contribution is 0.275. The fraction of sp³-hybridized carbons (Fsp3) is 0.556. The number of hydrogen-bond donors (Lipinski definition) is 3. The van der Waals surface area contributed by atoms with E-state index in [0.29, 0.717) is 6.42 Å². The van der Waals surface area contributed by atoms with E-state index in [4.69, 9.17) is 10.8 Å². The van der Waals surface area contributed by atoms with Crippen LogP contribution in [0.3, 0.4) is 0 Å². The van der Waals surface area contributed by atoms with E-state index in [-0.39, 0.29) is 12.6 Å². The van der Waals surface area contributed by atoms with Gasteiger partial charge in [0.25, 0.3) is 0 Å². The Kier molecular flexibility index (Phi) is 2.89. The zero-order chi connectivity index (χ0) is 9.14. The number of hydrogen-bond acceptors (Lipinski definition) is 2. The van der Waals surface area contributed by atoms with Crippen molar-refractivity contribution in [1.82, 2.24) is 4.98 Å². The molecule has 0 radical (unpaired) electrons. The van der Waals surface area contributed by atoms with Crippen molar-refractivity contribution in [3.8, 4) is 0 Å². The summed E-state index contributed by atoms with van der Waals surface area (Å²) < 4.78 is 0. The zero-order valence-electron chi connectivity index (χ0n) is 7.59.